The number of carbonyl (C=O) groups is 2. The van der Waals surface area contributed by atoms with E-state index in [0.29, 0.717) is 0 Å². The van der Waals surface area contributed by atoms with Gasteiger partial charge in [0.1, 0.15) is 16.4 Å². The summed E-state index contributed by atoms with van der Waals surface area (Å²) in [5.41, 5.74) is -2.79. The summed E-state index contributed by atoms with van der Waals surface area (Å²) in [4.78, 5) is 31.9. The van der Waals surface area contributed by atoms with Gasteiger partial charge in [0.15, 0.2) is 0 Å². The van der Waals surface area contributed by atoms with Crippen LogP contribution in [0, 0.1) is 0 Å². The standard InChI is InChI=1S/C15H22BrN3O7/c1-14(2,3)26-13(22)19-15(4,11(20)24-6)12(21)25-10-8(16)9(23-5)17-7-18-10/h7,12,21H,1-6H3,(H,19,22)/t12?,15-/m1/s1. The molecule has 1 aromatic heterocycles. The summed E-state index contributed by atoms with van der Waals surface area (Å²) in [5.74, 6) is -0.902. The topological polar surface area (TPSA) is 129 Å². The van der Waals surface area contributed by atoms with Crippen molar-refractivity contribution in [1.29, 1.82) is 0 Å². The molecular formula is C15H22BrN3O7. The molecule has 0 aliphatic heterocycles. The molecule has 1 amide bonds. The summed E-state index contributed by atoms with van der Waals surface area (Å²) in [5, 5.41) is 12.7. The first-order valence-corrected chi connectivity index (χ1v) is 8.22. The highest BCUT2D eigenvalue weighted by Crippen LogP contribution is 2.31. The van der Waals surface area contributed by atoms with Crippen LogP contribution in [0.2, 0.25) is 0 Å². The maximum atomic E-state index is 12.2. The summed E-state index contributed by atoms with van der Waals surface area (Å²) in [7, 11) is 2.49. The van der Waals surface area contributed by atoms with Crippen LogP contribution in [0.5, 0.6) is 11.8 Å². The van der Waals surface area contributed by atoms with Gasteiger partial charge in [-0.15, -0.1) is 0 Å². The van der Waals surface area contributed by atoms with E-state index in [1.165, 1.54) is 14.0 Å². The number of amides is 1. The van der Waals surface area contributed by atoms with E-state index in [0.717, 1.165) is 13.4 Å². The third-order valence-corrected chi connectivity index (χ3v) is 3.68. The highest BCUT2D eigenvalue weighted by atomic mass is 79.9. The molecule has 2 atom stereocenters. The van der Waals surface area contributed by atoms with Crippen LogP contribution in [-0.4, -0.2) is 58.8 Å². The number of alkyl carbamates (subject to hydrolysis) is 1. The molecule has 0 saturated carbocycles. The quantitative estimate of drug-likeness (QED) is 0.502. The van der Waals surface area contributed by atoms with Crippen molar-refractivity contribution in [2.45, 2.75) is 45.1 Å². The van der Waals surface area contributed by atoms with Crippen LogP contribution in [0.25, 0.3) is 0 Å². The predicted octanol–water partition coefficient (Wildman–Crippen LogP) is 1.40. The third-order valence-electron chi connectivity index (χ3n) is 3.01. The van der Waals surface area contributed by atoms with E-state index >= 15 is 0 Å². The molecule has 0 saturated heterocycles. The fourth-order valence-corrected chi connectivity index (χ4v) is 2.19. The number of aliphatic hydroxyl groups excluding tert-OH is 1. The zero-order chi connectivity index (χ0) is 20.1. The average Bonchev–Trinajstić information content (AvgIpc) is 2.53. The zero-order valence-corrected chi connectivity index (χ0v) is 16.9. The molecule has 0 bridgehead atoms. The average molecular weight is 436 g/mol. The lowest BCUT2D eigenvalue weighted by Crippen LogP contribution is -2.62. The number of hydrogen-bond donors (Lipinski definition) is 2. The molecule has 1 unspecified atom stereocenters. The first-order valence-electron chi connectivity index (χ1n) is 7.43. The molecule has 11 heteroatoms. The zero-order valence-electron chi connectivity index (χ0n) is 15.3. The fourth-order valence-electron chi connectivity index (χ4n) is 1.73. The van der Waals surface area contributed by atoms with Crippen molar-refractivity contribution >= 4 is 28.0 Å². The number of aliphatic hydroxyl groups is 1. The van der Waals surface area contributed by atoms with Gasteiger partial charge in [0.2, 0.25) is 23.6 Å². The van der Waals surface area contributed by atoms with Crippen molar-refractivity contribution in [1.82, 2.24) is 15.3 Å². The lowest BCUT2D eigenvalue weighted by molar-refractivity contribution is -0.165. The van der Waals surface area contributed by atoms with Gasteiger partial charge in [-0.3, -0.25) is 5.32 Å². The minimum atomic E-state index is -1.98. The van der Waals surface area contributed by atoms with Crippen LogP contribution in [0.15, 0.2) is 10.8 Å². The number of hydrogen-bond acceptors (Lipinski definition) is 9. The van der Waals surface area contributed by atoms with Crippen LogP contribution in [0.3, 0.4) is 0 Å². The van der Waals surface area contributed by atoms with Crippen molar-refractivity contribution in [2.75, 3.05) is 14.2 Å². The van der Waals surface area contributed by atoms with Crippen LogP contribution in [0.4, 0.5) is 4.79 Å². The van der Waals surface area contributed by atoms with E-state index in [-0.39, 0.29) is 16.2 Å². The summed E-state index contributed by atoms with van der Waals surface area (Å²) in [6.07, 6.45) is -1.66. The van der Waals surface area contributed by atoms with Gasteiger partial charge in [0.05, 0.1) is 14.2 Å². The molecule has 26 heavy (non-hydrogen) atoms. The van der Waals surface area contributed by atoms with Gasteiger partial charge in [-0.25, -0.2) is 19.6 Å². The Hall–Kier alpha value is -2.14. The highest BCUT2D eigenvalue weighted by molar-refractivity contribution is 9.10. The number of halogens is 1. The van der Waals surface area contributed by atoms with Crippen LogP contribution >= 0.6 is 15.9 Å². The van der Waals surface area contributed by atoms with Crippen LogP contribution < -0.4 is 14.8 Å². The Labute approximate surface area is 159 Å². The molecule has 146 valence electrons. The maximum absolute atomic E-state index is 12.2. The molecule has 2 N–H and O–H groups in total. The number of methoxy groups -OCH3 is 2. The van der Waals surface area contributed by atoms with Gasteiger partial charge in [-0.2, -0.15) is 0 Å². The van der Waals surface area contributed by atoms with Gasteiger partial charge < -0.3 is 24.1 Å². The smallest absolute Gasteiger partial charge is 0.408 e. The largest absolute Gasteiger partial charge is 0.480 e. The Bertz CT molecular complexity index is 665. The van der Waals surface area contributed by atoms with Gasteiger partial charge in [-0.1, -0.05) is 0 Å². The number of nitrogens with zero attached hydrogens (tertiary/aromatic N) is 2. The summed E-state index contributed by atoms with van der Waals surface area (Å²) in [6.45, 7) is 6.18. The van der Waals surface area contributed by atoms with Crippen LogP contribution in [-0.2, 0) is 14.3 Å². The Morgan fingerprint density at radius 3 is 2.27 bits per heavy atom. The van der Waals surface area contributed by atoms with Gasteiger partial charge in [0, 0.05) is 0 Å². The summed E-state index contributed by atoms with van der Waals surface area (Å²) in [6, 6.07) is 0. The van der Waals surface area contributed by atoms with Crippen molar-refractivity contribution in [2.24, 2.45) is 0 Å². The van der Waals surface area contributed by atoms with Crippen LogP contribution in [0.1, 0.15) is 27.7 Å². The number of ether oxygens (including phenoxy) is 4. The number of carbonyl (C=O) groups excluding carboxylic acids is 2. The van der Waals surface area contributed by atoms with Crippen molar-refractivity contribution in [3.05, 3.63) is 10.8 Å². The SMILES string of the molecule is COC(=O)[C@@](C)(NC(=O)OC(C)(C)C)C(O)Oc1ncnc(OC)c1Br. The molecular weight excluding hydrogens is 414 g/mol. The second-order valence-corrected chi connectivity index (χ2v) is 7.09. The number of rotatable bonds is 6. The van der Waals surface area contributed by atoms with Crippen molar-refractivity contribution in [3.63, 3.8) is 0 Å². The first kappa shape index (κ1) is 21.9. The minimum absolute atomic E-state index is 0.106. The lowest BCUT2D eigenvalue weighted by Gasteiger charge is -2.32. The molecule has 0 aliphatic rings. The van der Waals surface area contributed by atoms with Crippen molar-refractivity contribution in [3.8, 4) is 11.8 Å². The predicted molar refractivity (Wildman–Crippen MR) is 92.7 cm³/mol. The Morgan fingerprint density at radius 2 is 1.77 bits per heavy atom. The Balaban J connectivity index is 3.08. The molecule has 0 aliphatic carbocycles. The summed E-state index contributed by atoms with van der Waals surface area (Å²) >= 11 is 3.17. The molecule has 10 nitrogen and oxygen atoms in total. The normalized spacial score (nSPS) is 14.6. The minimum Gasteiger partial charge on any atom is -0.480 e. The Kier molecular flexibility index (Phi) is 7.16. The van der Waals surface area contributed by atoms with E-state index in [4.69, 9.17) is 14.2 Å². The van der Waals surface area contributed by atoms with Crippen molar-refractivity contribution < 1.29 is 33.6 Å². The number of aromatic nitrogens is 2. The summed E-state index contributed by atoms with van der Waals surface area (Å²) < 4.78 is 20.3. The molecule has 1 heterocycles. The lowest BCUT2D eigenvalue weighted by atomic mass is 10.0. The van der Waals surface area contributed by atoms with Gasteiger partial charge in [-0.05, 0) is 43.6 Å². The molecule has 1 aromatic rings. The second kappa shape index (κ2) is 8.49. The van der Waals surface area contributed by atoms with E-state index in [1.54, 1.807) is 20.8 Å². The fraction of sp³-hybridized carbons (Fsp3) is 0.600. The van der Waals surface area contributed by atoms with E-state index in [1.807, 2.05) is 0 Å². The highest BCUT2D eigenvalue weighted by Gasteiger charge is 2.47. The first-order chi connectivity index (χ1) is 11.9. The number of esters is 1. The number of nitrogens with one attached hydrogen (secondary N) is 1. The molecule has 0 aromatic carbocycles. The molecule has 0 fully saturated rings. The maximum Gasteiger partial charge on any atom is 0.408 e. The molecule has 0 spiro atoms. The monoisotopic (exact) mass is 435 g/mol. The van der Waals surface area contributed by atoms with E-state index in [9.17, 15) is 14.7 Å². The van der Waals surface area contributed by atoms with Gasteiger partial charge >= 0.3 is 12.1 Å². The second-order valence-electron chi connectivity index (χ2n) is 6.29. The third kappa shape index (κ3) is 5.43. The van der Waals surface area contributed by atoms with E-state index in [2.05, 4.69) is 36.0 Å². The van der Waals surface area contributed by atoms with Gasteiger partial charge in [0.25, 0.3) is 0 Å². The molecule has 0 radical (unpaired) electrons. The Morgan fingerprint density at radius 1 is 1.19 bits per heavy atom. The molecule has 1 rings (SSSR count). The van der Waals surface area contributed by atoms with E-state index < -0.39 is 29.5 Å².